The Morgan fingerprint density at radius 1 is 1.45 bits per heavy atom. The summed E-state index contributed by atoms with van der Waals surface area (Å²) in [5, 5.41) is 3.38. The molecule has 0 radical (unpaired) electrons. The Labute approximate surface area is 121 Å². The monoisotopic (exact) mass is 280 g/mol. The Kier molecular flexibility index (Phi) is 5.38. The van der Waals surface area contributed by atoms with Gasteiger partial charge in [0, 0.05) is 17.6 Å². The average Bonchev–Trinajstić information content (AvgIpc) is 3.27. The van der Waals surface area contributed by atoms with E-state index in [1.165, 1.54) is 18.9 Å². The van der Waals surface area contributed by atoms with Gasteiger partial charge in [0.2, 0.25) is 0 Å². The van der Waals surface area contributed by atoms with Gasteiger partial charge in [0.1, 0.15) is 11.6 Å². The average molecular weight is 280 g/mol. The molecule has 1 atom stereocenters. The van der Waals surface area contributed by atoms with E-state index in [0.29, 0.717) is 11.3 Å². The molecule has 0 saturated heterocycles. The van der Waals surface area contributed by atoms with Gasteiger partial charge in [-0.25, -0.2) is 4.39 Å². The lowest BCUT2D eigenvalue weighted by Crippen LogP contribution is -2.29. The van der Waals surface area contributed by atoms with Gasteiger partial charge < -0.3 is 15.0 Å². The summed E-state index contributed by atoms with van der Waals surface area (Å²) in [6.07, 6.45) is 3.48. The molecule has 0 spiro atoms. The van der Waals surface area contributed by atoms with Gasteiger partial charge in [0.25, 0.3) is 0 Å². The van der Waals surface area contributed by atoms with Crippen LogP contribution in [0.4, 0.5) is 4.39 Å². The van der Waals surface area contributed by atoms with Crippen molar-refractivity contribution in [1.29, 1.82) is 0 Å². The third-order valence-electron chi connectivity index (χ3n) is 3.97. The molecule has 0 heterocycles. The van der Waals surface area contributed by atoms with Gasteiger partial charge in [-0.2, -0.15) is 0 Å². The first-order valence-corrected chi connectivity index (χ1v) is 7.43. The number of rotatable bonds is 8. The first-order valence-electron chi connectivity index (χ1n) is 7.43. The van der Waals surface area contributed by atoms with Crippen molar-refractivity contribution in [3.8, 4) is 5.75 Å². The largest absolute Gasteiger partial charge is 0.496 e. The van der Waals surface area contributed by atoms with Gasteiger partial charge >= 0.3 is 0 Å². The molecule has 1 aromatic rings. The molecule has 1 N–H and O–H groups in total. The molecule has 1 aliphatic carbocycles. The number of hydrogen-bond donors (Lipinski definition) is 1. The predicted octanol–water partition coefficient (Wildman–Crippen LogP) is 2.97. The summed E-state index contributed by atoms with van der Waals surface area (Å²) in [4.78, 5) is 2.37. The van der Waals surface area contributed by atoms with E-state index in [1.54, 1.807) is 13.2 Å². The molecule has 1 aromatic carbocycles. The lowest BCUT2D eigenvalue weighted by molar-refractivity contribution is 0.294. The van der Waals surface area contributed by atoms with Crippen LogP contribution in [0.25, 0.3) is 0 Å². The van der Waals surface area contributed by atoms with E-state index in [0.717, 1.165) is 25.6 Å². The van der Waals surface area contributed by atoms with E-state index in [2.05, 4.69) is 17.3 Å². The van der Waals surface area contributed by atoms with E-state index in [1.807, 2.05) is 13.0 Å². The molecule has 112 valence electrons. The first kappa shape index (κ1) is 15.3. The van der Waals surface area contributed by atoms with Crippen LogP contribution < -0.4 is 10.1 Å². The van der Waals surface area contributed by atoms with Crippen molar-refractivity contribution >= 4 is 0 Å². The zero-order chi connectivity index (χ0) is 14.5. The molecule has 20 heavy (non-hydrogen) atoms. The Balaban J connectivity index is 2.10. The summed E-state index contributed by atoms with van der Waals surface area (Å²) in [6.45, 7) is 3.83. The van der Waals surface area contributed by atoms with Crippen molar-refractivity contribution in [2.24, 2.45) is 0 Å². The van der Waals surface area contributed by atoms with Crippen molar-refractivity contribution in [3.05, 3.63) is 29.6 Å². The summed E-state index contributed by atoms with van der Waals surface area (Å²) in [5.74, 6) is 0.439. The molecule has 0 aromatic heterocycles. The maximum atomic E-state index is 14.2. The van der Waals surface area contributed by atoms with Crippen molar-refractivity contribution in [2.45, 2.75) is 38.3 Å². The van der Waals surface area contributed by atoms with Gasteiger partial charge in [-0.15, -0.1) is 0 Å². The van der Waals surface area contributed by atoms with Crippen LogP contribution in [-0.2, 0) is 0 Å². The predicted molar refractivity (Wildman–Crippen MR) is 79.6 cm³/mol. The van der Waals surface area contributed by atoms with Gasteiger partial charge in [-0.05, 0) is 51.5 Å². The fourth-order valence-corrected chi connectivity index (χ4v) is 2.66. The zero-order valence-corrected chi connectivity index (χ0v) is 12.7. The number of nitrogens with zero attached hydrogens (tertiary/aromatic N) is 1. The Morgan fingerprint density at radius 2 is 2.20 bits per heavy atom. The molecule has 1 fully saturated rings. The van der Waals surface area contributed by atoms with Crippen LogP contribution in [0.3, 0.4) is 0 Å². The lowest BCUT2D eigenvalue weighted by Gasteiger charge is -2.24. The van der Waals surface area contributed by atoms with E-state index < -0.39 is 0 Å². The Hall–Kier alpha value is -1.13. The molecule has 0 amide bonds. The minimum atomic E-state index is -0.190. The number of hydrogen-bond acceptors (Lipinski definition) is 3. The second-order valence-electron chi connectivity index (χ2n) is 5.47. The third-order valence-corrected chi connectivity index (χ3v) is 3.97. The topological polar surface area (TPSA) is 24.5 Å². The van der Waals surface area contributed by atoms with Crippen LogP contribution in [0.2, 0.25) is 0 Å². The number of benzene rings is 1. The van der Waals surface area contributed by atoms with E-state index in [4.69, 9.17) is 4.74 Å². The maximum Gasteiger partial charge on any atom is 0.131 e. The van der Waals surface area contributed by atoms with Crippen LogP contribution in [0, 0.1) is 5.82 Å². The number of ether oxygens (including phenoxy) is 1. The van der Waals surface area contributed by atoms with Gasteiger partial charge in [-0.1, -0.05) is 13.0 Å². The molecule has 0 bridgehead atoms. The number of halogens is 1. The normalized spacial score (nSPS) is 16.4. The molecule has 3 nitrogen and oxygen atoms in total. The Morgan fingerprint density at radius 3 is 2.80 bits per heavy atom. The highest BCUT2D eigenvalue weighted by Gasteiger charge is 2.27. The second kappa shape index (κ2) is 7.04. The van der Waals surface area contributed by atoms with Crippen LogP contribution in [0.1, 0.15) is 37.8 Å². The van der Waals surface area contributed by atoms with Gasteiger partial charge in [0.05, 0.1) is 7.11 Å². The lowest BCUT2D eigenvalue weighted by atomic mass is 10.0. The zero-order valence-electron chi connectivity index (χ0n) is 12.7. The molecule has 2 rings (SSSR count). The summed E-state index contributed by atoms with van der Waals surface area (Å²) < 4.78 is 19.5. The van der Waals surface area contributed by atoms with Crippen LogP contribution >= 0.6 is 0 Å². The highest BCUT2D eigenvalue weighted by molar-refractivity contribution is 5.37. The van der Waals surface area contributed by atoms with Crippen LogP contribution in [-0.4, -0.2) is 38.2 Å². The molecular weight excluding hydrogens is 255 g/mol. The Bertz CT molecular complexity index is 434. The summed E-state index contributed by atoms with van der Waals surface area (Å²) in [5.41, 5.74) is 0.654. The van der Waals surface area contributed by atoms with Crippen molar-refractivity contribution in [2.75, 3.05) is 27.2 Å². The van der Waals surface area contributed by atoms with E-state index in [9.17, 15) is 4.39 Å². The number of methoxy groups -OCH3 is 1. The van der Waals surface area contributed by atoms with Crippen molar-refractivity contribution < 1.29 is 9.13 Å². The third kappa shape index (κ3) is 3.70. The van der Waals surface area contributed by atoms with E-state index in [-0.39, 0.29) is 11.9 Å². The summed E-state index contributed by atoms with van der Waals surface area (Å²) >= 11 is 0. The maximum absolute atomic E-state index is 14.2. The minimum Gasteiger partial charge on any atom is -0.496 e. The quantitative estimate of drug-likeness (QED) is 0.792. The molecule has 1 aliphatic rings. The van der Waals surface area contributed by atoms with Crippen molar-refractivity contribution in [3.63, 3.8) is 0 Å². The van der Waals surface area contributed by atoms with Gasteiger partial charge in [-0.3, -0.25) is 0 Å². The minimum absolute atomic E-state index is 0.00245. The molecule has 1 saturated carbocycles. The van der Waals surface area contributed by atoms with E-state index >= 15 is 0 Å². The number of nitrogens with one attached hydrogen (secondary N) is 1. The highest BCUT2D eigenvalue weighted by Crippen LogP contribution is 2.31. The molecule has 4 heteroatoms. The van der Waals surface area contributed by atoms with Crippen molar-refractivity contribution in [1.82, 2.24) is 10.2 Å². The smallest absolute Gasteiger partial charge is 0.131 e. The fourth-order valence-electron chi connectivity index (χ4n) is 2.66. The van der Waals surface area contributed by atoms with Gasteiger partial charge in [0.15, 0.2) is 0 Å². The molecule has 1 unspecified atom stereocenters. The SMILES string of the molecule is CCNC(CCN(C)C1CC1)c1c(F)cccc1OC. The summed E-state index contributed by atoms with van der Waals surface area (Å²) in [6, 6.07) is 5.76. The van der Waals surface area contributed by atoms with Crippen LogP contribution in [0.5, 0.6) is 5.75 Å². The molecule has 0 aliphatic heterocycles. The van der Waals surface area contributed by atoms with Crippen LogP contribution in [0.15, 0.2) is 18.2 Å². The highest BCUT2D eigenvalue weighted by atomic mass is 19.1. The second-order valence-corrected chi connectivity index (χ2v) is 5.47. The summed E-state index contributed by atoms with van der Waals surface area (Å²) in [7, 11) is 3.75. The first-order chi connectivity index (χ1) is 9.67. The fraction of sp³-hybridized carbons (Fsp3) is 0.625. The molecular formula is C16H25FN2O. The standard InChI is InChI=1S/C16H25FN2O/c1-4-18-14(10-11-19(2)12-8-9-12)16-13(17)6-5-7-15(16)20-3/h5-7,12,14,18H,4,8-11H2,1-3H3.